The minimum atomic E-state index is -0.874. The largest absolute Gasteiger partial charge is 0.481 e. The number of hydrogen-bond acceptors (Lipinski definition) is 3. The number of rotatable bonds is 9. The minimum absolute atomic E-state index is 0.0171. The summed E-state index contributed by atoms with van der Waals surface area (Å²) >= 11 is 0. The number of amides is 3. The van der Waals surface area contributed by atoms with Crippen LogP contribution in [0.5, 0.6) is 0 Å². The summed E-state index contributed by atoms with van der Waals surface area (Å²) in [5.74, 6) is -1.07. The molecule has 0 aliphatic rings. The number of likely N-dealkylation sites (N-methyl/N-ethyl adjacent to an activating group) is 2. The molecule has 0 fully saturated rings. The maximum Gasteiger partial charge on any atom is 0.317 e. The van der Waals surface area contributed by atoms with Crippen LogP contribution in [0, 0.1) is 5.92 Å². The van der Waals surface area contributed by atoms with Gasteiger partial charge in [0.15, 0.2) is 0 Å². The van der Waals surface area contributed by atoms with Crippen LogP contribution < -0.4 is 5.32 Å². The Kier molecular flexibility index (Phi) is 9.16. The van der Waals surface area contributed by atoms with Crippen LogP contribution in [0.3, 0.4) is 0 Å². The normalized spacial score (nSPS) is 11.6. The Morgan fingerprint density at radius 1 is 1.14 bits per heavy atom. The minimum Gasteiger partial charge on any atom is -0.481 e. The third-order valence-electron chi connectivity index (χ3n) is 3.42. The fraction of sp³-hybridized carbons (Fsp3) is 0.786. The zero-order valence-electron chi connectivity index (χ0n) is 13.4. The second-order valence-corrected chi connectivity index (χ2v) is 4.98. The standard InChI is InChI=1S/C14H27N3O4/c1-5-11(8-13(19)20)9-15-14(21)16(4)10-12(18)17(6-2)7-3/h11H,5-10H2,1-4H3,(H,15,21)(H,19,20). The first-order valence-electron chi connectivity index (χ1n) is 7.34. The number of urea groups is 1. The van der Waals surface area contributed by atoms with Crippen molar-refractivity contribution in [3.63, 3.8) is 0 Å². The van der Waals surface area contributed by atoms with Gasteiger partial charge in [0.2, 0.25) is 5.91 Å². The van der Waals surface area contributed by atoms with Crippen LogP contribution in [0.25, 0.3) is 0 Å². The van der Waals surface area contributed by atoms with Gasteiger partial charge in [-0.1, -0.05) is 13.3 Å². The van der Waals surface area contributed by atoms with E-state index >= 15 is 0 Å². The van der Waals surface area contributed by atoms with Gasteiger partial charge in [-0.3, -0.25) is 9.59 Å². The number of hydrogen-bond donors (Lipinski definition) is 2. The Bertz CT molecular complexity index is 356. The first kappa shape index (κ1) is 19.2. The van der Waals surface area contributed by atoms with Crippen LogP contribution in [0.1, 0.15) is 33.6 Å². The van der Waals surface area contributed by atoms with Crippen molar-refractivity contribution >= 4 is 17.9 Å². The van der Waals surface area contributed by atoms with Gasteiger partial charge >= 0.3 is 12.0 Å². The van der Waals surface area contributed by atoms with E-state index < -0.39 is 5.97 Å². The van der Waals surface area contributed by atoms with Gasteiger partial charge in [-0.2, -0.15) is 0 Å². The fourth-order valence-corrected chi connectivity index (χ4v) is 1.93. The molecule has 2 N–H and O–H groups in total. The average Bonchev–Trinajstić information content (AvgIpc) is 2.43. The number of carbonyl (C=O) groups excluding carboxylic acids is 2. The highest BCUT2D eigenvalue weighted by atomic mass is 16.4. The molecule has 21 heavy (non-hydrogen) atoms. The van der Waals surface area contributed by atoms with Crippen LogP contribution >= 0.6 is 0 Å². The molecule has 0 heterocycles. The highest BCUT2D eigenvalue weighted by molar-refractivity contribution is 5.83. The van der Waals surface area contributed by atoms with E-state index in [1.165, 1.54) is 4.90 Å². The summed E-state index contributed by atoms with van der Waals surface area (Å²) in [4.78, 5) is 37.4. The van der Waals surface area contributed by atoms with E-state index in [-0.39, 0.29) is 30.8 Å². The molecule has 1 unspecified atom stereocenters. The quantitative estimate of drug-likeness (QED) is 0.665. The number of carbonyl (C=O) groups is 3. The summed E-state index contributed by atoms with van der Waals surface area (Å²) in [6.45, 7) is 7.20. The fourth-order valence-electron chi connectivity index (χ4n) is 1.93. The van der Waals surface area contributed by atoms with Gasteiger partial charge in [-0.15, -0.1) is 0 Å². The molecule has 3 amide bonds. The molecule has 7 nitrogen and oxygen atoms in total. The van der Waals surface area contributed by atoms with Crippen LogP contribution in [0.4, 0.5) is 4.79 Å². The summed E-state index contributed by atoms with van der Waals surface area (Å²) in [6, 6.07) is -0.362. The molecule has 7 heteroatoms. The summed E-state index contributed by atoms with van der Waals surface area (Å²) in [5, 5.41) is 11.4. The van der Waals surface area contributed by atoms with Gasteiger partial charge < -0.3 is 20.2 Å². The van der Waals surface area contributed by atoms with E-state index in [2.05, 4.69) is 5.32 Å². The molecule has 122 valence electrons. The maximum atomic E-state index is 11.9. The molecule has 0 radical (unpaired) electrons. The lowest BCUT2D eigenvalue weighted by molar-refractivity contribution is -0.138. The number of aliphatic carboxylic acids is 1. The predicted molar refractivity (Wildman–Crippen MR) is 80.0 cm³/mol. The number of nitrogens with one attached hydrogen (secondary N) is 1. The first-order chi connectivity index (χ1) is 9.85. The molecule has 0 aliphatic heterocycles. The molecule has 0 rings (SSSR count). The van der Waals surface area contributed by atoms with Crippen molar-refractivity contribution in [2.24, 2.45) is 5.92 Å². The van der Waals surface area contributed by atoms with Crippen molar-refractivity contribution in [3.05, 3.63) is 0 Å². The van der Waals surface area contributed by atoms with Gasteiger partial charge in [0.05, 0.1) is 0 Å². The summed E-state index contributed by atoms with van der Waals surface area (Å²) < 4.78 is 0. The Morgan fingerprint density at radius 3 is 2.14 bits per heavy atom. The number of carboxylic acid groups (broad SMARTS) is 1. The molecule has 1 atom stereocenters. The van der Waals surface area contributed by atoms with Crippen LogP contribution in [-0.4, -0.2) is 66.0 Å². The van der Waals surface area contributed by atoms with Crippen molar-refractivity contribution in [1.82, 2.24) is 15.1 Å². The average molecular weight is 301 g/mol. The molecule has 0 bridgehead atoms. The van der Waals surface area contributed by atoms with Gasteiger partial charge in [-0.25, -0.2) is 4.79 Å². The van der Waals surface area contributed by atoms with Gasteiger partial charge in [-0.05, 0) is 19.8 Å². The molecule has 0 aromatic rings. The smallest absolute Gasteiger partial charge is 0.317 e. The molecule has 0 saturated carbocycles. The Morgan fingerprint density at radius 2 is 1.71 bits per heavy atom. The van der Waals surface area contributed by atoms with Crippen molar-refractivity contribution in [2.75, 3.05) is 33.2 Å². The van der Waals surface area contributed by atoms with E-state index in [1.54, 1.807) is 11.9 Å². The van der Waals surface area contributed by atoms with E-state index in [0.717, 1.165) is 0 Å². The topological polar surface area (TPSA) is 90.0 Å². The number of carboxylic acids is 1. The first-order valence-corrected chi connectivity index (χ1v) is 7.34. The van der Waals surface area contributed by atoms with Crippen LogP contribution in [0.15, 0.2) is 0 Å². The Labute approximate surface area is 126 Å². The second-order valence-electron chi connectivity index (χ2n) is 4.98. The summed E-state index contributed by atoms with van der Waals surface area (Å²) in [5.41, 5.74) is 0. The van der Waals surface area contributed by atoms with Crippen molar-refractivity contribution < 1.29 is 19.5 Å². The van der Waals surface area contributed by atoms with Crippen LogP contribution in [-0.2, 0) is 9.59 Å². The Balaban J connectivity index is 4.26. The lowest BCUT2D eigenvalue weighted by atomic mass is 10.0. The number of nitrogens with zero attached hydrogens (tertiary/aromatic N) is 2. The van der Waals surface area contributed by atoms with Crippen molar-refractivity contribution in [2.45, 2.75) is 33.6 Å². The van der Waals surface area contributed by atoms with Crippen molar-refractivity contribution in [1.29, 1.82) is 0 Å². The third-order valence-corrected chi connectivity index (χ3v) is 3.42. The molecular weight excluding hydrogens is 274 g/mol. The van der Waals surface area contributed by atoms with Gasteiger partial charge in [0.25, 0.3) is 0 Å². The lowest BCUT2D eigenvalue weighted by Gasteiger charge is -2.24. The predicted octanol–water partition coefficient (Wildman–Crippen LogP) is 0.997. The van der Waals surface area contributed by atoms with E-state index in [0.29, 0.717) is 26.1 Å². The molecule has 0 aromatic heterocycles. The van der Waals surface area contributed by atoms with E-state index in [9.17, 15) is 14.4 Å². The molecule has 0 spiro atoms. The molecule has 0 saturated heterocycles. The zero-order chi connectivity index (χ0) is 16.4. The highest BCUT2D eigenvalue weighted by Crippen LogP contribution is 2.06. The third kappa shape index (κ3) is 7.53. The van der Waals surface area contributed by atoms with Crippen molar-refractivity contribution in [3.8, 4) is 0 Å². The monoisotopic (exact) mass is 301 g/mol. The highest BCUT2D eigenvalue weighted by Gasteiger charge is 2.18. The summed E-state index contributed by atoms with van der Waals surface area (Å²) in [7, 11) is 1.55. The molecular formula is C14H27N3O4. The zero-order valence-corrected chi connectivity index (χ0v) is 13.4. The van der Waals surface area contributed by atoms with E-state index in [1.807, 2.05) is 20.8 Å². The lowest BCUT2D eigenvalue weighted by Crippen LogP contribution is -2.45. The molecule has 0 aliphatic carbocycles. The molecule has 0 aromatic carbocycles. The maximum absolute atomic E-state index is 11.9. The van der Waals surface area contributed by atoms with Gasteiger partial charge in [0, 0.05) is 33.1 Å². The second kappa shape index (κ2) is 10.0. The summed E-state index contributed by atoms with van der Waals surface area (Å²) in [6.07, 6.45) is 0.702. The van der Waals surface area contributed by atoms with Gasteiger partial charge in [0.1, 0.15) is 6.54 Å². The SMILES string of the molecule is CCC(CNC(=O)N(C)CC(=O)N(CC)CC)CC(=O)O. The van der Waals surface area contributed by atoms with E-state index in [4.69, 9.17) is 5.11 Å². The van der Waals surface area contributed by atoms with Crippen LogP contribution in [0.2, 0.25) is 0 Å². The Hall–Kier alpha value is -1.79.